The lowest BCUT2D eigenvalue weighted by Crippen LogP contribution is -1.99. The van der Waals surface area contributed by atoms with Crippen LogP contribution in [0.15, 0.2) is 10.7 Å². The van der Waals surface area contributed by atoms with Crippen molar-refractivity contribution in [3.8, 4) is 11.5 Å². The van der Waals surface area contributed by atoms with Gasteiger partial charge < -0.3 is 9.26 Å². The first kappa shape index (κ1) is 11.4. The molecule has 6 nitrogen and oxygen atoms in total. The van der Waals surface area contributed by atoms with Gasteiger partial charge >= 0.3 is 0 Å². The summed E-state index contributed by atoms with van der Waals surface area (Å²) in [4.78, 5) is 4.46. The quantitative estimate of drug-likeness (QED) is 0.828. The summed E-state index contributed by atoms with van der Waals surface area (Å²) < 4.78 is 12.5. The van der Waals surface area contributed by atoms with E-state index in [1.54, 1.807) is 0 Å². The summed E-state index contributed by atoms with van der Waals surface area (Å²) in [6, 6.07) is 0. The zero-order chi connectivity index (χ0) is 12.5. The van der Waals surface area contributed by atoms with Gasteiger partial charge in [0.2, 0.25) is 0 Å². The third kappa shape index (κ3) is 1.92. The van der Waals surface area contributed by atoms with Crippen LogP contribution in [0.25, 0.3) is 11.5 Å². The lowest BCUT2D eigenvalue weighted by atomic mass is 10.1. The Hall–Kier alpha value is -1.69. The highest BCUT2D eigenvalue weighted by Gasteiger charge is 2.24. The maximum Gasteiger partial charge on any atom is 0.261 e. The second kappa shape index (κ2) is 4.53. The molecular formula is C12H16N4O2. The zero-order valence-electron chi connectivity index (χ0n) is 10.6. The van der Waals surface area contributed by atoms with Gasteiger partial charge in [0.1, 0.15) is 0 Å². The molecule has 18 heavy (non-hydrogen) atoms. The first-order valence-electron chi connectivity index (χ1n) is 6.23. The van der Waals surface area contributed by atoms with Crippen molar-refractivity contribution in [2.75, 3.05) is 13.2 Å². The van der Waals surface area contributed by atoms with Crippen molar-refractivity contribution in [2.45, 2.75) is 32.7 Å². The fraction of sp³-hybridized carbons (Fsp3) is 0.583. The Labute approximate surface area is 105 Å². The number of nitrogens with zero attached hydrogens (tertiary/aromatic N) is 4. The van der Waals surface area contributed by atoms with E-state index in [1.165, 1.54) is 0 Å². The summed E-state index contributed by atoms with van der Waals surface area (Å²) in [7, 11) is 0. The second-order valence-electron chi connectivity index (χ2n) is 4.50. The molecule has 0 bridgehead atoms. The molecular weight excluding hydrogens is 232 g/mol. The fourth-order valence-electron chi connectivity index (χ4n) is 2.14. The highest BCUT2D eigenvalue weighted by molar-refractivity contribution is 5.54. The van der Waals surface area contributed by atoms with Crippen LogP contribution in [0.5, 0.6) is 0 Å². The summed E-state index contributed by atoms with van der Waals surface area (Å²) in [6.07, 6.45) is 2.91. The van der Waals surface area contributed by atoms with Crippen LogP contribution in [0.3, 0.4) is 0 Å². The third-order valence-electron chi connectivity index (χ3n) is 3.24. The third-order valence-corrected chi connectivity index (χ3v) is 3.24. The Kier molecular flexibility index (Phi) is 2.87. The van der Waals surface area contributed by atoms with E-state index in [1.807, 2.05) is 24.7 Å². The summed E-state index contributed by atoms with van der Waals surface area (Å²) in [5.41, 5.74) is 1.82. The molecule has 0 saturated carbocycles. The first-order chi connectivity index (χ1) is 8.78. The van der Waals surface area contributed by atoms with Gasteiger partial charge in [0, 0.05) is 25.3 Å². The van der Waals surface area contributed by atoms with Crippen LogP contribution in [0.4, 0.5) is 0 Å². The molecule has 1 aliphatic rings. The van der Waals surface area contributed by atoms with E-state index in [9.17, 15) is 0 Å². The van der Waals surface area contributed by atoms with E-state index in [4.69, 9.17) is 9.26 Å². The van der Waals surface area contributed by atoms with Crippen molar-refractivity contribution in [3.05, 3.63) is 17.7 Å². The zero-order valence-corrected chi connectivity index (χ0v) is 10.6. The lowest BCUT2D eigenvalue weighted by molar-refractivity contribution is 0.192. The van der Waals surface area contributed by atoms with Crippen LogP contribution in [0, 0.1) is 6.92 Å². The molecule has 1 atom stereocenters. The summed E-state index contributed by atoms with van der Waals surface area (Å²) in [6.45, 7) is 6.29. The Morgan fingerprint density at radius 1 is 1.50 bits per heavy atom. The van der Waals surface area contributed by atoms with Crippen molar-refractivity contribution in [2.24, 2.45) is 0 Å². The van der Waals surface area contributed by atoms with Crippen LogP contribution >= 0.6 is 0 Å². The maximum atomic E-state index is 5.33. The van der Waals surface area contributed by atoms with Crippen molar-refractivity contribution in [3.63, 3.8) is 0 Å². The van der Waals surface area contributed by atoms with E-state index >= 15 is 0 Å². The van der Waals surface area contributed by atoms with Gasteiger partial charge in [0.05, 0.1) is 17.9 Å². The standard InChI is InChI=1S/C12H16N4O2/c1-3-16-6-10(8(2)14-16)12-13-11(15-18-12)9-4-5-17-7-9/h6,9H,3-5,7H2,1-2H3/t9-/m1/s1. The smallest absolute Gasteiger partial charge is 0.261 e. The molecule has 2 aromatic heterocycles. The predicted molar refractivity (Wildman–Crippen MR) is 64.1 cm³/mol. The van der Waals surface area contributed by atoms with E-state index in [0.29, 0.717) is 12.5 Å². The lowest BCUT2D eigenvalue weighted by Gasteiger charge is -1.97. The molecule has 2 aromatic rings. The molecule has 0 aromatic carbocycles. The van der Waals surface area contributed by atoms with Crippen molar-refractivity contribution >= 4 is 0 Å². The van der Waals surface area contributed by atoms with Gasteiger partial charge in [-0.1, -0.05) is 5.16 Å². The van der Waals surface area contributed by atoms with Gasteiger partial charge in [0.15, 0.2) is 5.82 Å². The molecule has 1 fully saturated rings. The van der Waals surface area contributed by atoms with Gasteiger partial charge in [-0.15, -0.1) is 0 Å². The Morgan fingerprint density at radius 3 is 3.06 bits per heavy atom. The highest BCUT2D eigenvalue weighted by atomic mass is 16.5. The normalized spacial score (nSPS) is 19.6. The number of aryl methyl sites for hydroxylation is 2. The van der Waals surface area contributed by atoms with Crippen LogP contribution in [0.1, 0.15) is 30.8 Å². The largest absolute Gasteiger partial charge is 0.381 e. The highest BCUT2D eigenvalue weighted by Crippen LogP contribution is 2.26. The van der Waals surface area contributed by atoms with E-state index in [-0.39, 0.29) is 5.92 Å². The minimum atomic E-state index is 0.268. The topological polar surface area (TPSA) is 66.0 Å². The molecule has 0 aliphatic carbocycles. The summed E-state index contributed by atoms with van der Waals surface area (Å²) in [5, 5.41) is 8.42. The van der Waals surface area contributed by atoms with Crippen LogP contribution in [0.2, 0.25) is 0 Å². The van der Waals surface area contributed by atoms with Crippen molar-refractivity contribution in [1.82, 2.24) is 19.9 Å². The molecule has 96 valence electrons. The number of aromatic nitrogens is 4. The Morgan fingerprint density at radius 2 is 2.39 bits per heavy atom. The average molecular weight is 248 g/mol. The maximum absolute atomic E-state index is 5.33. The monoisotopic (exact) mass is 248 g/mol. The fourth-order valence-corrected chi connectivity index (χ4v) is 2.14. The van der Waals surface area contributed by atoms with E-state index in [0.717, 1.165) is 36.7 Å². The van der Waals surface area contributed by atoms with Gasteiger partial charge in [-0.05, 0) is 20.3 Å². The molecule has 0 spiro atoms. The van der Waals surface area contributed by atoms with E-state index in [2.05, 4.69) is 15.2 Å². The molecule has 3 heterocycles. The molecule has 6 heteroatoms. The second-order valence-corrected chi connectivity index (χ2v) is 4.50. The number of ether oxygens (including phenoxy) is 1. The molecule has 1 saturated heterocycles. The molecule has 0 amide bonds. The van der Waals surface area contributed by atoms with Crippen molar-refractivity contribution < 1.29 is 9.26 Å². The van der Waals surface area contributed by atoms with Crippen LogP contribution < -0.4 is 0 Å². The first-order valence-corrected chi connectivity index (χ1v) is 6.23. The van der Waals surface area contributed by atoms with Crippen LogP contribution in [-0.2, 0) is 11.3 Å². The molecule has 0 N–H and O–H groups in total. The Bertz CT molecular complexity index is 540. The summed E-state index contributed by atoms with van der Waals surface area (Å²) >= 11 is 0. The minimum absolute atomic E-state index is 0.268. The van der Waals surface area contributed by atoms with Gasteiger partial charge in [-0.3, -0.25) is 4.68 Å². The molecule has 0 radical (unpaired) electrons. The predicted octanol–water partition coefficient (Wildman–Crippen LogP) is 1.77. The minimum Gasteiger partial charge on any atom is -0.381 e. The molecule has 3 rings (SSSR count). The Balaban J connectivity index is 1.89. The number of hydrogen-bond donors (Lipinski definition) is 0. The number of hydrogen-bond acceptors (Lipinski definition) is 5. The summed E-state index contributed by atoms with van der Waals surface area (Å²) in [5.74, 6) is 1.56. The van der Waals surface area contributed by atoms with Crippen molar-refractivity contribution in [1.29, 1.82) is 0 Å². The van der Waals surface area contributed by atoms with Crippen LogP contribution in [-0.4, -0.2) is 33.1 Å². The molecule has 0 unspecified atom stereocenters. The number of rotatable bonds is 3. The van der Waals surface area contributed by atoms with E-state index < -0.39 is 0 Å². The van der Waals surface area contributed by atoms with Gasteiger partial charge in [0.25, 0.3) is 5.89 Å². The average Bonchev–Trinajstić information content (AvgIpc) is 3.08. The van der Waals surface area contributed by atoms with Gasteiger partial charge in [-0.25, -0.2) is 0 Å². The van der Waals surface area contributed by atoms with Gasteiger partial charge in [-0.2, -0.15) is 10.1 Å². The SMILES string of the molecule is CCn1cc(-c2nc([C@@H]3CCOC3)no2)c(C)n1. The molecule has 1 aliphatic heterocycles.